The average molecular weight is 364 g/mol. The Bertz CT molecular complexity index is 360. The van der Waals surface area contributed by atoms with Crippen molar-refractivity contribution in [3.63, 3.8) is 0 Å². The van der Waals surface area contributed by atoms with Crippen molar-refractivity contribution in [1.82, 2.24) is 0 Å². The predicted octanol–water partition coefficient (Wildman–Crippen LogP) is 6.82. The third-order valence-corrected chi connectivity index (χ3v) is 8.30. The highest BCUT2D eigenvalue weighted by Gasteiger charge is 2.42. The fraction of sp³-hybridized carbons (Fsp3) is 1.00. The van der Waals surface area contributed by atoms with Gasteiger partial charge in [0.05, 0.1) is 0 Å². The van der Waals surface area contributed by atoms with Gasteiger partial charge in [0, 0.05) is 6.61 Å². The van der Waals surface area contributed by atoms with Crippen LogP contribution in [0.2, 0.25) is 0 Å². The Morgan fingerprint density at radius 3 is 1.73 bits per heavy atom. The molecule has 3 fully saturated rings. The zero-order chi connectivity index (χ0) is 18.2. The van der Waals surface area contributed by atoms with Crippen molar-refractivity contribution in [3.05, 3.63) is 0 Å². The van der Waals surface area contributed by atoms with Gasteiger partial charge in [-0.05, 0) is 61.7 Å². The van der Waals surface area contributed by atoms with Crippen molar-refractivity contribution in [1.29, 1.82) is 0 Å². The molecule has 0 spiro atoms. The van der Waals surface area contributed by atoms with Crippen LogP contribution in [0.5, 0.6) is 0 Å². The maximum absolute atomic E-state index is 6.57. The maximum Gasteiger partial charge on any atom is 0.106 e. The minimum absolute atomic E-state index is 0.0487. The molecule has 3 aliphatic rings. The second kappa shape index (κ2) is 10.5. The lowest BCUT2D eigenvalue weighted by atomic mass is 9.58. The standard InChI is InChI=1S/C24H45NO/c1-24(21-13-7-3-8-14-21,22-15-9-4-10-16-22)19-23(25)26-18-17-20-11-5-2-6-12-20/h20-23H,2-19,25H2,1H3. The first-order valence-corrected chi connectivity index (χ1v) is 12.1. The molecule has 0 radical (unpaired) electrons. The average Bonchev–Trinajstić information content (AvgIpc) is 2.70. The maximum atomic E-state index is 6.57. The summed E-state index contributed by atoms with van der Waals surface area (Å²) in [4.78, 5) is 0. The largest absolute Gasteiger partial charge is 0.364 e. The molecule has 0 heterocycles. The van der Waals surface area contributed by atoms with Crippen molar-refractivity contribution < 1.29 is 4.74 Å². The van der Waals surface area contributed by atoms with Crippen LogP contribution in [0.4, 0.5) is 0 Å². The summed E-state index contributed by atoms with van der Waals surface area (Å²) in [6.07, 6.45) is 23.8. The summed E-state index contributed by atoms with van der Waals surface area (Å²) in [5.41, 5.74) is 6.97. The highest BCUT2D eigenvalue weighted by molar-refractivity contribution is 4.92. The molecule has 3 rings (SSSR count). The van der Waals surface area contributed by atoms with Gasteiger partial charge in [-0.25, -0.2) is 0 Å². The first-order valence-electron chi connectivity index (χ1n) is 12.1. The summed E-state index contributed by atoms with van der Waals surface area (Å²) in [5.74, 6) is 2.67. The molecule has 3 saturated carbocycles. The van der Waals surface area contributed by atoms with Gasteiger partial charge in [0.2, 0.25) is 0 Å². The van der Waals surface area contributed by atoms with Gasteiger partial charge in [-0.1, -0.05) is 77.6 Å². The molecule has 2 nitrogen and oxygen atoms in total. The van der Waals surface area contributed by atoms with Crippen molar-refractivity contribution in [2.24, 2.45) is 28.9 Å². The fourth-order valence-electron chi connectivity index (χ4n) is 6.55. The zero-order valence-corrected chi connectivity index (χ0v) is 17.5. The van der Waals surface area contributed by atoms with E-state index >= 15 is 0 Å². The lowest BCUT2D eigenvalue weighted by Gasteiger charge is -2.48. The second-order valence-corrected chi connectivity index (χ2v) is 10.1. The summed E-state index contributed by atoms with van der Waals surface area (Å²) in [5, 5.41) is 0. The van der Waals surface area contributed by atoms with Gasteiger partial charge in [-0.3, -0.25) is 0 Å². The molecule has 2 heteroatoms. The summed E-state index contributed by atoms with van der Waals surface area (Å²) in [7, 11) is 0. The van der Waals surface area contributed by atoms with E-state index in [1.165, 1.54) is 103 Å². The Balaban J connectivity index is 1.51. The fourth-order valence-corrected chi connectivity index (χ4v) is 6.55. The quantitative estimate of drug-likeness (QED) is 0.480. The molecule has 26 heavy (non-hydrogen) atoms. The molecular weight excluding hydrogens is 318 g/mol. The Morgan fingerprint density at radius 2 is 1.23 bits per heavy atom. The number of ether oxygens (including phenoxy) is 1. The number of hydrogen-bond acceptors (Lipinski definition) is 2. The summed E-state index contributed by atoms with van der Waals surface area (Å²) in [6, 6.07) is 0. The smallest absolute Gasteiger partial charge is 0.106 e. The van der Waals surface area contributed by atoms with Crippen LogP contribution in [0.1, 0.15) is 116 Å². The minimum Gasteiger partial charge on any atom is -0.364 e. The molecule has 152 valence electrons. The Morgan fingerprint density at radius 1 is 0.769 bits per heavy atom. The van der Waals surface area contributed by atoms with Gasteiger partial charge in [-0.15, -0.1) is 0 Å². The topological polar surface area (TPSA) is 35.2 Å². The van der Waals surface area contributed by atoms with Gasteiger partial charge >= 0.3 is 0 Å². The van der Waals surface area contributed by atoms with Gasteiger partial charge in [0.1, 0.15) is 6.23 Å². The Labute approximate surface area is 163 Å². The van der Waals surface area contributed by atoms with E-state index in [0.29, 0.717) is 5.41 Å². The summed E-state index contributed by atoms with van der Waals surface area (Å²) >= 11 is 0. The molecule has 0 bridgehead atoms. The molecule has 0 aromatic heterocycles. The number of nitrogens with two attached hydrogens (primary N) is 1. The molecule has 0 amide bonds. The van der Waals surface area contributed by atoms with Crippen LogP contribution < -0.4 is 5.73 Å². The highest BCUT2D eigenvalue weighted by Crippen LogP contribution is 2.51. The summed E-state index contributed by atoms with van der Waals surface area (Å²) in [6.45, 7) is 3.47. The molecule has 0 aromatic rings. The van der Waals surface area contributed by atoms with Gasteiger partial charge in [0.25, 0.3) is 0 Å². The lowest BCUT2D eigenvalue weighted by molar-refractivity contribution is -0.0400. The van der Waals surface area contributed by atoms with Crippen LogP contribution in [0.25, 0.3) is 0 Å². The van der Waals surface area contributed by atoms with Gasteiger partial charge < -0.3 is 10.5 Å². The van der Waals surface area contributed by atoms with E-state index in [2.05, 4.69) is 6.92 Å². The lowest BCUT2D eigenvalue weighted by Crippen LogP contribution is -2.43. The van der Waals surface area contributed by atoms with Crippen LogP contribution in [-0.4, -0.2) is 12.8 Å². The monoisotopic (exact) mass is 363 g/mol. The van der Waals surface area contributed by atoms with Crippen molar-refractivity contribution in [2.45, 2.75) is 122 Å². The van der Waals surface area contributed by atoms with Crippen LogP contribution in [-0.2, 0) is 4.74 Å². The van der Waals surface area contributed by atoms with Gasteiger partial charge in [-0.2, -0.15) is 0 Å². The molecule has 0 aromatic carbocycles. The minimum atomic E-state index is -0.0487. The third kappa shape index (κ3) is 5.71. The van der Waals surface area contributed by atoms with E-state index < -0.39 is 0 Å². The third-order valence-electron chi connectivity index (χ3n) is 8.30. The number of hydrogen-bond donors (Lipinski definition) is 1. The van der Waals surface area contributed by atoms with Crippen molar-refractivity contribution in [3.8, 4) is 0 Å². The molecule has 1 unspecified atom stereocenters. The Hall–Kier alpha value is -0.0800. The summed E-state index contributed by atoms with van der Waals surface area (Å²) < 4.78 is 6.20. The van der Waals surface area contributed by atoms with Crippen LogP contribution in [0, 0.1) is 23.2 Å². The van der Waals surface area contributed by atoms with E-state index in [0.717, 1.165) is 30.8 Å². The van der Waals surface area contributed by atoms with Crippen LogP contribution in [0.15, 0.2) is 0 Å². The van der Waals surface area contributed by atoms with Crippen molar-refractivity contribution in [2.75, 3.05) is 6.61 Å². The first kappa shape index (κ1) is 20.6. The van der Waals surface area contributed by atoms with E-state index in [9.17, 15) is 0 Å². The normalized spacial score (nSPS) is 26.1. The van der Waals surface area contributed by atoms with Crippen LogP contribution >= 0.6 is 0 Å². The second-order valence-electron chi connectivity index (χ2n) is 10.1. The SMILES string of the molecule is CC(CC(N)OCCC1CCCCC1)(C1CCCCC1)C1CCCCC1. The number of rotatable bonds is 8. The zero-order valence-electron chi connectivity index (χ0n) is 17.5. The molecular formula is C24H45NO. The molecule has 2 N–H and O–H groups in total. The predicted molar refractivity (Wildman–Crippen MR) is 111 cm³/mol. The van der Waals surface area contributed by atoms with Crippen LogP contribution in [0.3, 0.4) is 0 Å². The van der Waals surface area contributed by atoms with E-state index in [-0.39, 0.29) is 6.23 Å². The molecule has 3 aliphatic carbocycles. The molecule has 0 aliphatic heterocycles. The van der Waals surface area contributed by atoms with E-state index in [1.54, 1.807) is 0 Å². The van der Waals surface area contributed by atoms with E-state index in [1.807, 2.05) is 0 Å². The van der Waals surface area contributed by atoms with E-state index in [4.69, 9.17) is 10.5 Å². The Kier molecular flexibility index (Phi) is 8.31. The first-order chi connectivity index (χ1) is 12.7. The molecule has 0 saturated heterocycles. The highest BCUT2D eigenvalue weighted by atomic mass is 16.5. The molecule has 1 atom stereocenters. The van der Waals surface area contributed by atoms with Crippen molar-refractivity contribution >= 4 is 0 Å². The van der Waals surface area contributed by atoms with Gasteiger partial charge in [0.15, 0.2) is 0 Å².